The van der Waals surface area contributed by atoms with E-state index in [2.05, 4.69) is 19.1 Å². The van der Waals surface area contributed by atoms with Crippen molar-refractivity contribution in [1.82, 2.24) is 0 Å². The summed E-state index contributed by atoms with van der Waals surface area (Å²) in [5.74, 6) is 0.821. The summed E-state index contributed by atoms with van der Waals surface area (Å²) in [6.45, 7) is 2.14. The lowest BCUT2D eigenvalue weighted by atomic mass is 9.83. The average molecular weight is 138 g/mol. The highest BCUT2D eigenvalue weighted by molar-refractivity contribution is 5.55. The fourth-order valence-corrected chi connectivity index (χ4v) is 1.52. The van der Waals surface area contributed by atoms with Crippen molar-refractivity contribution in [3.63, 3.8) is 0 Å². The topological polar surface area (TPSA) is 17.1 Å². The first-order valence-electron chi connectivity index (χ1n) is 4.00. The zero-order valence-electron chi connectivity index (χ0n) is 6.42. The molecule has 0 aromatic carbocycles. The highest BCUT2D eigenvalue weighted by Crippen LogP contribution is 2.24. The Bertz CT molecular complexity index is 138. The van der Waals surface area contributed by atoms with E-state index in [1.165, 1.54) is 0 Å². The van der Waals surface area contributed by atoms with Crippen LogP contribution in [-0.4, -0.2) is 6.29 Å². The van der Waals surface area contributed by atoms with Gasteiger partial charge in [0.25, 0.3) is 0 Å². The Morgan fingerprint density at radius 3 is 3.00 bits per heavy atom. The molecule has 0 aromatic rings. The molecular weight excluding hydrogens is 124 g/mol. The lowest BCUT2D eigenvalue weighted by Crippen LogP contribution is -2.15. The van der Waals surface area contributed by atoms with E-state index in [0.717, 1.165) is 25.5 Å². The summed E-state index contributed by atoms with van der Waals surface area (Å²) < 4.78 is 0. The minimum Gasteiger partial charge on any atom is -0.303 e. The van der Waals surface area contributed by atoms with Crippen molar-refractivity contribution in [3.8, 4) is 0 Å². The highest BCUT2D eigenvalue weighted by atomic mass is 16.1. The molecule has 0 fully saturated rings. The van der Waals surface area contributed by atoms with Gasteiger partial charge < -0.3 is 4.79 Å². The Balaban J connectivity index is 2.55. The van der Waals surface area contributed by atoms with Crippen molar-refractivity contribution in [3.05, 3.63) is 12.2 Å². The van der Waals surface area contributed by atoms with Crippen LogP contribution in [-0.2, 0) is 4.79 Å². The van der Waals surface area contributed by atoms with E-state index in [9.17, 15) is 4.79 Å². The molecule has 1 aliphatic rings. The first kappa shape index (κ1) is 7.52. The van der Waals surface area contributed by atoms with E-state index in [1.54, 1.807) is 0 Å². The second-order valence-electron chi connectivity index (χ2n) is 2.88. The zero-order chi connectivity index (χ0) is 7.40. The Hall–Kier alpha value is -0.590. The summed E-state index contributed by atoms with van der Waals surface area (Å²) in [6.07, 6.45) is 8.72. The van der Waals surface area contributed by atoms with E-state index in [0.29, 0.717) is 11.8 Å². The SMILES string of the molecule is CC[C@@H]1C=CCC[C@@H]1C=O. The van der Waals surface area contributed by atoms with Gasteiger partial charge in [-0.1, -0.05) is 19.1 Å². The smallest absolute Gasteiger partial charge is 0.123 e. The van der Waals surface area contributed by atoms with E-state index in [4.69, 9.17) is 0 Å². The molecular formula is C9H14O. The Labute approximate surface area is 62.1 Å². The van der Waals surface area contributed by atoms with Crippen molar-refractivity contribution >= 4 is 6.29 Å². The molecule has 0 heterocycles. The Morgan fingerprint density at radius 1 is 1.70 bits per heavy atom. The average Bonchev–Trinajstić information content (AvgIpc) is 2.04. The standard InChI is InChI=1S/C9H14O/c1-2-8-5-3-4-6-9(8)7-10/h3,5,7-9H,2,4,6H2,1H3/t8-,9-/m1/s1. The molecule has 0 spiro atoms. The number of carbonyl (C=O) groups is 1. The van der Waals surface area contributed by atoms with Gasteiger partial charge in [0.1, 0.15) is 6.29 Å². The molecule has 10 heavy (non-hydrogen) atoms. The second-order valence-corrected chi connectivity index (χ2v) is 2.88. The predicted molar refractivity (Wildman–Crippen MR) is 41.7 cm³/mol. The van der Waals surface area contributed by atoms with Crippen LogP contribution in [0.4, 0.5) is 0 Å². The third kappa shape index (κ3) is 1.47. The second kappa shape index (κ2) is 3.55. The van der Waals surface area contributed by atoms with Crippen molar-refractivity contribution < 1.29 is 4.79 Å². The normalized spacial score (nSPS) is 32.1. The molecule has 1 aliphatic carbocycles. The minimum absolute atomic E-state index is 0.301. The largest absolute Gasteiger partial charge is 0.303 e. The van der Waals surface area contributed by atoms with Crippen LogP contribution in [0.1, 0.15) is 26.2 Å². The molecule has 56 valence electrons. The molecule has 2 atom stereocenters. The molecule has 0 saturated carbocycles. The molecule has 0 radical (unpaired) electrons. The van der Waals surface area contributed by atoms with Gasteiger partial charge in [-0.15, -0.1) is 0 Å². The van der Waals surface area contributed by atoms with Crippen molar-refractivity contribution in [2.45, 2.75) is 26.2 Å². The fourth-order valence-electron chi connectivity index (χ4n) is 1.52. The van der Waals surface area contributed by atoms with Crippen LogP contribution in [0.3, 0.4) is 0 Å². The predicted octanol–water partition coefficient (Wildman–Crippen LogP) is 2.18. The van der Waals surface area contributed by atoms with Gasteiger partial charge in [0.15, 0.2) is 0 Å². The maximum atomic E-state index is 10.5. The molecule has 0 N–H and O–H groups in total. The van der Waals surface area contributed by atoms with Gasteiger partial charge in [-0.2, -0.15) is 0 Å². The van der Waals surface area contributed by atoms with Crippen LogP contribution in [0.2, 0.25) is 0 Å². The quantitative estimate of drug-likeness (QED) is 0.422. The van der Waals surface area contributed by atoms with Crippen LogP contribution >= 0.6 is 0 Å². The monoisotopic (exact) mass is 138 g/mol. The molecule has 0 bridgehead atoms. The van der Waals surface area contributed by atoms with Gasteiger partial charge in [0.2, 0.25) is 0 Å². The summed E-state index contributed by atoms with van der Waals surface area (Å²) in [4.78, 5) is 10.5. The molecule has 0 amide bonds. The molecule has 1 rings (SSSR count). The lowest BCUT2D eigenvalue weighted by Gasteiger charge is -2.20. The zero-order valence-corrected chi connectivity index (χ0v) is 6.42. The summed E-state index contributed by atoms with van der Waals surface area (Å²) >= 11 is 0. The van der Waals surface area contributed by atoms with Gasteiger partial charge in [-0.3, -0.25) is 0 Å². The van der Waals surface area contributed by atoms with Crippen molar-refractivity contribution in [1.29, 1.82) is 0 Å². The van der Waals surface area contributed by atoms with E-state index in [-0.39, 0.29) is 0 Å². The third-order valence-electron chi connectivity index (χ3n) is 2.25. The van der Waals surface area contributed by atoms with Gasteiger partial charge >= 0.3 is 0 Å². The van der Waals surface area contributed by atoms with E-state index < -0.39 is 0 Å². The fraction of sp³-hybridized carbons (Fsp3) is 0.667. The molecule has 0 aliphatic heterocycles. The first-order valence-corrected chi connectivity index (χ1v) is 4.00. The Kier molecular flexibility index (Phi) is 2.67. The Morgan fingerprint density at radius 2 is 2.50 bits per heavy atom. The van der Waals surface area contributed by atoms with Gasteiger partial charge in [-0.05, 0) is 25.2 Å². The van der Waals surface area contributed by atoms with Gasteiger partial charge in [0, 0.05) is 5.92 Å². The first-order chi connectivity index (χ1) is 4.88. The number of rotatable bonds is 2. The molecule has 0 unspecified atom stereocenters. The lowest BCUT2D eigenvalue weighted by molar-refractivity contribution is -0.112. The summed E-state index contributed by atoms with van der Waals surface area (Å²) in [6, 6.07) is 0. The van der Waals surface area contributed by atoms with Crippen molar-refractivity contribution in [2.24, 2.45) is 11.8 Å². The van der Waals surface area contributed by atoms with Crippen LogP contribution in [0.15, 0.2) is 12.2 Å². The number of aldehydes is 1. The molecule has 1 heteroatoms. The van der Waals surface area contributed by atoms with Crippen LogP contribution in [0, 0.1) is 11.8 Å². The maximum absolute atomic E-state index is 10.5. The summed E-state index contributed by atoms with van der Waals surface area (Å²) in [5.41, 5.74) is 0. The number of allylic oxidation sites excluding steroid dienone is 2. The van der Waals surface area contributed by atoms with Crippen LogP contribution in [0.25, 0.3) is 0 Å². The molecule has 0 aromatic heterocycles. The van der Waals surface area contributed by atoms with Crippen molar-refractivity contribution in [2.75, 3.05) is 0 Å². The van der Waals surface area contributed by atoms with Crippen LogP contribution < -0.4 is 0 Å². The summed E-state index contributed by atoms with van der Waals surface area (Å²) in [5, 5.41) is 0. The number of hydrogen-bond donors (Lipinski definition) is 0. The van der Waals surface area contributed by atoms with E-state index >= 15 is 0 Å². The maximum Gasteiger partial charge on any atom is 0.123 e. The highest BCUT2D eigenvalue weighted by Gasteiger charge is 2.18. The van der Waals surface area contributed by atoms with Gasteiger partial charge in [-0.25, -0.2) is 0 Å². The number of carbonyl (C=O) groups excluding carboxylic acids is 1. The van der Waals surface area contributed by atoms with Crippen LogP contribution in [0.5, 0.6) is 0 Å². The third-order valence-corrected chi connectivity index (χ3v) is 2.25. The minimum atomic E-state index is 0.301. The van der Waals surface area contributed by atoms with Gasteiger partial charge in [0.05, 0.1) is 0 Å². The summed E-state index contributed by atoms with van der Waals surface area (Å²) in [7, 11) is 0. The van der Waals surface area contributed by atoms with E-state index in [1.807, 2.05) is 0 Å². The number of hydrogen-bond acceptors (Lipinski definition) is 1. The molecule has 1 nitrogen and oxygen atoms in total. The molecule has 0 saturated heterocycles.